The van der Waals surface area contributed by atoms with Crippen molar-refractivity contribution in [2.45, 2.75) is 26.7 Å². The van der Waals surface area contributed by atoms with E-state index in [1.54, 1.807) is 25.2 Å². The molecule has 0 aliphatic carbocycles. The standard InChI is InChI=1S/C20H23BrN2O3/c1-13(2)18-10-15(21)8-9-19(18)26-12-20(25)22-16-6-5-7-17(11-16)23(4)14(3)24/h5-11,13H,12H2,1-4H3,(H,22,25). The third-order valence-corrected chi connectivity index (χ3v) is 4.44. The summed E-state index contributed by atoms with van der Waals surface area (Å²) in [6, 6.07) is 12.9. The van der Waals surface area contributed by atoms with Gasteiger partial charge in [-0.1, -0.05) is 35.8 Å². The van der Waals surface area contributed by atoms with Gasteiger partial charge in [-0.25, -0.2) is 0 Å². The van der Waals surface area contributed by atoms with Gasteiger partial charge in [-0.05, 0) is 47.9 Å². The number of carbonyl (C=O) groups is 2. The first-order valence-electron chi connectivity index (χ1n) is 8.34. The Hall–Kier alpha value is -2.34. The number of anilines is 2. The Morgan fingerprint density at radius 2 is 1.92 bits per heavy atom. The van der Waals surface area contributed by atoms with Crippen molar-refractivity contribution >= 4 is 39.1 Å². The molecule has 0 atom stereocenters. The first kappa shape index (κ1) is 20.0. The molecule has 0 aliphatic heterocycles. The summed E-state index contributed by atoms with van der Waals surface area (Å²) in [7, 11) is 1.69. The van der Waals surface area contributed by atoms with Crippen LogP contribution in [-0.2, 0) is 9.59 Å². The number of amides is 2. The van der Waals surface area contributed by atoms with Crippen molar-refractivity contribution in [3.05, 3.63) is 52.5 Å². The minimum Gasteiger partial charge on any atom is -0.483 e. The molecule has 2 amide bonds. The summed E-state index contributed by atoms with van der Waals surface area (Å²) in [4.78, 5) is 25.2. The van der Waals surface area contributed by atoms with E-state index in [0.29, 0.717) is 17.1 Å². The summed E-state index contributed by atoms with van der Waals surface area (Å²) in [6.07, 6.45) is 0. The molecule has 26 heavy (non-hydrogen) atoms. The molecular formula is C20H23BrN2O3. The van der Waals surface area contributed by atoms with Gasteiger partial charge in [0.15, 0.2) is 6.61 Å². The fraction of sp³-hybridized carbons (Fsp3) is 0.300. The summed E-state index contributed by atoms with van der Waals surface area (Å²) in [5.41, 5.74) is 2.37. The summed E-state index contributed by atoms with van der Waals surface area (Å²) >= 11 is 3.45. The molecule has 2 rings (SSSR count). The lowest BCUT2D eigenvalue weighted by Crippen LogP contribution is -2.23. The second-order valence-corrected chi connectivity index (χ2v) is 7.22. The maximum atomic E-state index is 12.2. The third-order valence-electron chi connectivity index (χ3n) is 3.94. The smallest absolute Gasteiger partial charge is 0.262 e. The minimum absolute atomic E-state index is 0.0757. The fourth-order valence-corrected chi connectivity index (χ4v) is 2.80. The van der Waals surface area contributed by atoms with Crippen LogP contribution in [0.2, 0.25) is 0 Å². The summed E-state index contributed by atoms with van der Waals surface area (Å²) < 4.78 is 6.68. The first-order chi connectivity index (χ1) is 12.3. The average molecular weight is 419 g/mol. The lowest BCUT2D eigenvalue weighted by Gasteiger charge is -2.17. The number of benzene rings is 2. The van der Waals surface area contributed by atoms with Crippen molar-refractivity contribution in [1.29, 1.82) is 0 Å². The number of nitrogens with zero attached hydrogens (tertiary/aromatic N) is 1. The van der Waals surface area contributed by atoms with E-state index >= 15 is 0 Å². The van der Waals surface area contributed by atoms with Gasteiger partial charge in [-0.2, -0.15) is 0 Å². The lowest BCUT2D eigenvalue weighted by molar-refractivity contribution is -0.118. The van der Waals surface area contributed by atoms with Crippen LogP contribution in [0.5, 0.6) is 5.75 Å². The van der Waals surface area contributed by atoms with Crippen molar-refractivity contribution in [3.63, 3.8) is 0 Å². The molecule has 0 aliphatic rings. The van der Waals surface area contributed by atoms with Crippen molar-refractivity contribution in [2.75, 3.05) is 23.9 Å². The minimum atomic E-state index is -0.259. The number of rotatable bonds is 6. The number of ether oxygens (including phenoxy) is 1. The van der Waals surface area contributed by atoms with Crippen molar-refractivity contribution in [3.8, 4) is 5.75 Å². The molecule has 0 fully saturated rings. The zero-order valence-electron chi connectivity index (χ0n) is 15.4. The molecule has 5 nitrogen and oxygen atoms in total. The van der Waals surface area contributed by atoms with Gasteiger partial charge in [0.25, 0.3) is 5.91 Å². The zero-order valence-corrected chi connectivity index (χ0v) is 17.0. The Labute approximate surface area is 162 Å². The van der Waals surface area contributed by atoms with Crippen LogP contribution in [0.4, 0.5) is 11.4 Å². The van der Waals surface area contributed by atoms with Crippen molar-refractivity contribution < 1.29 is 14.3 Å². The highest BCUT2D eigenvalue weighted by Crippen LogP contribution is 2.29. The van der Waals surface area contributed by atoms with E-state index in [9.17, 15) is 9.59 Å². The Balaban J connectivity index is 2.02. The first-order valence-corrected chi connectivity index (χ1v) is 9.13. The summed E-state index contributed by atoms with van der Waals surface area (Å²) in [5.74, 6) is 0.645. The predicted octanol–water partition coefficient (Wildman–Crippen LogP) is 4.57. The Bertz CT molecular complexity index is 805. The van der Waals surface area contributed by atoms with Gasteiger partial charge in [0.1, 0.15) is 5.75 Å². The van der Waals surface area contributed by atoms with Crippen molar-refractivity contribution in [2.24, 2.45) is 0 Å². The number of nitrogens with one attached hydrogen (secondary N) is 1. The molecule has 2 aromatic carbocycles. The molecule has 138 valence electrons. The topological polar surface area (TPSA) is 58.6 Å². The maximum Gasteiger partial charge on any atom is 0.262 e. The third kappa shape index (κ3) is 5.33. The SMILES string of the molecule is CC(=O)N(C)c1cccc(NC(=O)COc2ccc(Br)cc2C(C)C)c1. The molecule has 0 heterocycles. The van der Waals surface area contributed by atoms with Crippen LogP contribution in [0.25, 0.3) is 0 Å². The van der Waals surface area contributed by atoms with Crippen LogP contribution >= 0.6 is 15.9 Å². The maximum absolute atomic E-state index is 12.2. The summed E-state index contributed by atoms with van der Waals surface area (Å²) in [5, 5.41) is 2.80. The number of hydrogen-bond donors (Lipinski definition) is 1. The molecule has 2 aromatic rings. The van der Waals surface area contributed by atoms with E-state index in [4.69, 9.17) is 4.74 Å². The van der Waals surface area contributed by atoms with E-state index in [0.717, 1.165) is 10.0 Å². The van der Waals surface area contributed by atoms with Crippen LogP contribution in [0, 0.1) is 0 Å². The number of carbonyl (C=O) groups excluding carboxylic acids is 2. The Morgan fingerprint density at radius 1 is 1.19 bits per heavy atom. The van der Waals surface area contributed by atoms with Crippen LogP contribution in [-0.4, -0.2) is 25.5 Å². The molecule has 1 N–H and O–H groups in total. The zero-order chi connectivity index (χ0) is 19.3. The second kappa shape index (κ2) is 8.85. The highest BCUT2D eigenvalue weighted by atomic mass is 79.9. The summed E-state index contributed by atoms with van der Waals surface area (Å²) in [6.45, 7) is 5.55. The molecular weight excluding hydrogens is 396 g/mol. The van der Waals surface area contributed by atoms with Gasteiger partial charge >= 0.3 is 0 Å². The average Bonchev–Trinajstić information content (AvgIpc) is 2.60. The largest absolute Gasteiger partial charge is 0.483 e. The van der Waals surface area contributed by atoms with Crippen LogP contribution in [0.3, 0.4) is 0 Å². The molecule has 0 radical (unpaired) electrons. The molecule has 0 bridgehead atoms. The quantitative estimate of drug-likeness (QED) is 0.746. The number of halogens is 1. The van der Waals surface area contributed by atoms with Gasteiger partial charge < -0.3 is 15.0 Å². The van der Waals surface area contributed by atoms with Gasteiger partial charge in [0.05, 0.1) is 0 Å². The lowest BCUT2D eigenvalue weighted by atomic mass is 10.0. The molecule has 0 saturated carbocycles. The normalized spacial score (nSPS) is 10.5. The van der Waals surface area contributed by atoms with E-state index in [2.05, 4.69) is 35.1 Å². The van der Waals surface area contributed by atoms with Gasteiger partial charge in [-0.3, -0.25) is 9.59 Å². The highest BCUT2D eigenvalue weighted by Gasteiger charge is 2.12. The fourth-order valence-electron chi connectivity index (χ4n) is 2.42. The highest BCUT2D eigenvalue weighted by molar-refractivity contribution is 9.10. The molecule has 0 spiro atoms. The molecule has 0 aromatic heterocycles. The van der Waals surface area contributed by atoms with Gasteiger partial charge in [0, 0.05) is 29.8 Å². The Kier molecular flexibility index (Phi) is 6.80. The van der Waals surface area contributed by atoms with Crippen LogP contribution < -0.4 is 15.0 Å². The van der Waals surface area contributed by atoms with E-state index in [1.165, 1.54) is 11.8 Å². The van der Waals surface area contributed by atoms with Gasteiger partial charge in [-0.15, -0.1) is 0 Å². The van der Waals surface area contributed by atoms with Gasteiger partial charge in [0.2, 0.25) is 5.91 Å². The molecule has 0 saturated heterocycles. The Morgan fingerprint density at radius 3 is 2.58 bits per heavy atom. The predicted molar refractivity (Wildman–Crippen MR) is 108 cm³/mol. The molecule has 0 unspecified atom stereocenters. The van der Waals surface area contributed by atoms with Crippen LogP contribution in [0.15, 0.2) is 46.9 Å². The monoisotopic (exact) mass is 418 g/mol. The van der Waals surface area contributed by atoms with Crippen molar-refractivity contribution in [1.82, 2.24) is 0 Å². The van der Waals surface area contributed by atoms with E-state index in [-0.39, 0.29) is 24.3 Å². The van der Waals surface area contributed by atoms with Crippen LogP contribution in [0.1, 0.15) is 32.3 Å². The number of hydrogen-bond acceptors (Lipinski definition) is 3. The second-order valence-electron chi connectivity index (χ2n) is 6.30. The van der Waals surface area contributed by atoms with E-state index < -0.39 is 0 Å². The molecule has 6 heteroatoms. The van der Waals surface area contributed by atoms with E-state index in [1.807, 2.05) is 24.3 Å².